The average Bonchev–Trinajstić information content (AvgIpc) is 1.95. The van der Waals surface area contributed by atoms with E-state index in [9.17, 15) is 4.79 Å². The molecule has 4 nitrogen and oxygen atoms in total. The van der Waals surface area contributed by atoms with Crippen molar-refractivity contribution in [1.29, 1.82) is 0 Å². The van der Waals surface area contributed by atoms with Gasteiger partial charge in [0.1, 0.15) is 12.2 Å². The lowest BCUT2D eigenvalue weighted by Gasteiger charge is -2.23. The second kappa shape index (κ2) is 3.09. The third-order valence-electron chi connectivity index (χ3n) is 1.52. The van der Waals surface area contributed by atoms with E-state index in [4.69, 9.17) is 14.9 Å². The lowest BCUT2D eigenvalue weighted by Crippen LogP contribution is -2.42. The van der Waals surface area contributed by atoms with Crippen LogP contribution in [0.3, 0.4) is 0 Å². The molecule has 4 heteroatoms. The molecular formula is C6H10O4. The van der Waals surface area contributed by atoms with Crippen LogP contribution < -0.4 is 0 Å². The lowest BCUT2D eigenvalue weighted by molar-refractivity contribution is -0.150. The molecule has 0 aliphatic carbocycles. The predicted molar refractivity (Wildman–Crippen MR) is 32.5 cm³/mol. The molecule has 0 aromatic heterocycles. The lowest BCUT2D eigenvalue weighted by atomic mass is 10.1. The van der Waals surface area contributed by atoms with Crippen LogP contribution in [0.15, 0.2) is 0 Å². The van der Waals surface area contributed by atoms with Gasteiger partial charge >= 0.3 is 0 Å². The average molecular weight is 146 g/mol. The fraction of sp³-hybridized carbons (Fsp3) is 0.833. The molecule has 0 spiro atoms. The standard InChI is InChI=1S/C6H10O4/c7-3-5-6(9)4(8)1-2-10-5/h4-5,7-8H,1-3H2. The van der Waals surface area contributed by atoms with Gasteiger partial charge < -0.3 is 14.9 Å². The molecule has 1 heterocycles. The minimum Gasteiger partial charge on any atom is -0.393 e. The zero-order valence-electron chi connectivity index (χ0n) is 5.49. The molecule has 2 atom stereocenters. The molecule has 2 N–H and O–H groups in total. The first-order valence-corrected chi connectivity index (χ1v) is 3.20. The van der Waals surface area contributed by atoms with Gasteiger partial charge in [-0.2, -0.15) is 0 Å². The normalized spacial score (nSPS) is 34.4. The molecule has 1 aliphatic rings. The number of hydrogen-bond acceptors (Lipinski definition) is 4. The van der Waals surface area contributed by atoms with E-state index in [-0.39, 0.29) is 6.61 Å². The molecule has 1 fully saturated rings. The van der Waals surface area contributed by atoms with Gasteiger partial charge in [-0.15, -0.1) is 0 Å². The fourth-order valence-electron chi connectivity index (χ4n) is 0.904. The van der Waals surface area contributed by atoms with Gasteiger partial charge in [0, 0.05) is 6.42 Å². The number of Topliss-reactive ketones (excluding diaryl/α,β-unsaturated/α-hetero) is 1. The summed E-state index contributed by atoms with van der Waals surface area (Å²) in [5.74, 6) is -0.409. The molecule has 10 heavy (non-hydrogen) atoms. The Morgan fingerprint density at radius 3 is 2.90 bits per heavy atom. The maximum atomic E-state index is 10.8. The zero-order valence-corrected chi connectivity index (χ0v) is 5.49. The van der Waals surface area contributed by atoms with Crippen molar-refractivity contribution in [3.05, 3.63) is 0 Å². The van der Waals surface area contributed by atoms with E-state index in [0.29, 0.717) is 13.0 Å². The minimum atomic E-state index is -0.939. The molecule has 1 rings (SSSR count). The molecule has 2 unspecified atom stereocenters. The van der Waals surface area contributed by atoms with Gasteiger partial charge in [0.25, 0.3) is 0 Å². The Kier molecular flexibility index (Phi) is 2.37. The second-order valence-corrected chi connectivity index (χ2v) is 2.25. The maximum Gasteiger partial charge on any atom is 0.192 e. The van der Waals surface area contributed by atoms with Gasteiger partial charge in [-0.25, -0.2) is 0 Å². The predicted octanol–water partition coefficient (Wildman–Crippen LogP) is -1.30. The van der Waals surface area contributed by atoms with Crippen molar-refractivity contribution in [2.24, 2.45) is 0 Å². The molecule has 0 amide bonds. The van der Waals surface area contributed by atoms with E-state index in [0.717, 1.165) is 0 Å². The van der Waals surface area contributed by atoms with Crippen LogP contribution in [-0.4, -0.2) is 41.4 Å². The van der Waals surface area contributed by atoms with Gasteiger partial charge in [-0.3, -0.25) is 4.79 Å². The second-order valence-electron chi connectivity index (χ2n) is 2.25. The van der Waals surface area contributed by atoms with Gasteiger partial charge in [0.2, 0.25) is 0 Å². The summed E-state index contributed by atoms with van der Waals surface area (Å²) in [6.07, 6.45) is -1.40. The van der Waals surface area contributed by atoms with Crippen LogP contribution in [-0.2, 0) is 9.53 Å². The van der Waals surface area contributed by atoms with Gasteiger partial charge in [0.05, 0.1) is 13.2 Å². The van der Waals surface area contributed by atoms with Crippen molar-refractivity contribution in [1.82, 2.24) is 0 Å². The maximum absolute atomic E-state index is 10.8. The highest BCUT2D eigenvalue weighted by molar-refractivity contribution is 5.87. The van der Waals surface area contributed by atoms with Crippen LogP contribution >= 0.6 is 0 Å². The van der Waals surface area contributed by atoms with Crippen molar-refractivity contribution in [3.8, 4) is 0 Å². The highest BCUT2D eigenvalue weighted by Gasteiger charge is 2.29. The highest BCUT2D eigenvalue weighted by atomic mass is 16.5. The Bertz CT molecular complexity index is 134. The number of hydrogen-bond donors (Lipinski definition) is 2. The van der Waals surface area contributed by atoms with Crippen molar-refractivity contribution in [2.75, 3.05) is 13.2 Å². The number of ketones is 1. The smallest absolute Gasteiger partial charge is 0.192 e. The third kappa shape index (κ3) is 1.34. The van der Waals surface area contributed by atoms with Crippen molar-refractivity contribution >= 4 is 5.78 Å². The van der Waals surface area contributed by atoms with Crippen LogP contribution in [0.1, 0.15) is 6.42 Å². The van der Waals surface area contributed by atoms with Gasteiger partial charge in [-0.1, -0.05) is 0 Å². The summed E-state index contributed by atoms with van der Waals surface area (Å²) in [5, 5.41) is 17.5. The molecule has 0 bridgehead atoms. The molecule has 1 aliphatic heterocycles. The number of aliphatic hydroxyl groups excluding tert-OH is 2. The third-order valence-corrected chi connectivity index (χ3v) is 1.52. The van der Waals surface area contributed by atoms with Crippen molar-refractivity contribution in [2.45, 2.75) is 18.6 Å². The molecule has 1 saturated heterocycles. The molecule has 58 valence electrons. The number of carbonyl (C=O) groups excluding carboxylic acids is 1. The van der Waals surface area contributed by atoms with E-state index in [1.54, 1.807) is 0 Å². The van der Waals surface area contributed by atoms with Crippen molar-refractivity contribution < 1.29 is 19.7 Å². The Morgan fingerprint density at radius 2 is 2.40 bits per heavy atom. The number of ether oxygens (including phenoxy) is 1. The SMILES string of the molecule is O=C1C(O)CCOC1CO. The highest BCUT2D eigenvalue weighted by Crippen LogP contribution is 2.08. The Hall–Kier alpha value is -0.450. The number of aliphatic hydroxyl groups is 2. The minimum absolute atomic E-state index is 0.337. The summed E-state index contributed by atoms with van der Waals surface area (Å²) in [7, 11) is 0. The van der Waals surface area contributed by atoms with Crippen LogP contribution in [0.4, 0.5) is 0 Å². The topological polar surface area (TPSA) is 66.8 Å². The fourth-order valence-corrected chi connectivity index (χ4v) is 0.904. The largest absolute Gasteiger partial charge is 0.393 e. The first kappa shape index (κ1) is 7.65. The van der Waals surface area contributed by atoms with E-state index >= 15 is 0 Å². The molecule has 0 aromatic rings. The van der Waals surface area contributed by atoms with Crippen LogP contribution in [0.2, 0.25) is 0 Å². The number of rotatable bonds is 1. The van der Waals surface area contributed by atoms with Gasteiger partial charge in [0.15, 0.2) is 5.78 Å². The molecule has 0 radical (unpaired) electrons. The Labute approximate surface area is 58.4 Å². The van der Waals surface area contributed by atoms with Crippen LogP contribution in [0.5, 0.6) is 0 Å². The quantitative estimate of drug-likeness (QED) is 0.482. The zero-order chi connectivity index (χ0) is 7.56. The van der Waals surface area contributed by atoms with E-state index < -0.39 is 18.0 Å². The Morgan fingerprint density at radius 1 is 1.70 bits per heavy atom. The summed E-state index contributed by atoms with van der Waals surface area (Å²) >= 11 is 0. The van der Waals surface area contributed by atoms with E-state index in [1.165, 1.54) is 0 Å². The van der Waals surface area contributed by atoms with Crippen molar-refractivity contribution in [3.63, 3.8) is 0 Å². The molecular weight excluding hydrogens is 136 g/mol. The summed E-state index contributed by atoms with van der Waals surface area (Å²) in [6.45, 7) is 0.00796. The Balaban J connectivity index is 2.51. The van der Waals surface area contributed by atoms with Crippen LogP contribution in [0.25, 0.3) is 0 Å². The van der Waals surface area contributed by atoms with Crippen LogP contribution in [0, 0.1) is 0 Å². The summed E-state index contributed by atoms with van der Waals surface area (Å²) in [6, 6.07) is 0. The summed E-state index contributed by atoms with van der Waals surface area (Å²) in [4.78, 5) is 10.8. The molecule has 0 aromatic carbocycles. The monoisotopic (exact) mass is 146 g/mol. The van der Waals surface area contributed by atoms with Gasteiger partial charge in [-0.05, 0) is 0 Å². The first-order chi connectivity index (χ1) is 4.75. The molecule has 0 saturated carbocycles. The number of carbonyl (C=O) groups is 1. The van der Waals surface area contributed by atoms with E-state index in [1.807, 2.05) is 0 Å². The first-order valence-electron chi connectivity index (χ1n) is 3.20. The summed E-state index contributed by atoms with van der Waals surface area (Å²) < 4.78 is 4.85. The van der Waals surface area contributed by atoms with E-state index in [2.05, 4.69) is 0 Å². The summed E-state index contributed by atoms with van der Waals surface area (Å²) in [5.41, 5.74) is 0.